The summed E-state index contributed by atoms with van der Waals surface area (Å²) < 4.78 is 0.586. The van der Waals surface area contributed by atoms with Gasteiger partial charge in [-0.05, 0) is 15.9 Å². The summed E-state index contributed by atoms with van der Waals surface area (Å²) in [5.74, 6) is 0.163. The molecule has 7 nitrogen and oxygen atoms in total. The maximum Gasteiger partial charge on any atom is 0.277 e. The van der Waals surface area contributed by atoms with Gasteiger partial charge in [-0.15, -0.1) is 0 Å². The maximum atomic E-state index is 11.7. The van der Waals surface area contributed by atoms with Crippen LogP contribution in [-0.4, -0.2) is 25.8 Å². The number of nitrogens with zero attached hydrogens (tertiary/aromatic N) is 4. The first-order valence-corrected chi connectivity index (χ1v) is 5.31. The lowest BCUT2D eigenvalue weighted by Crippen LogP contribution is -2.15. The van der Waals surface area contributed by atoms with E-state index in [1.54, 1.807) is 0 Å². The first-order valence-electron chi connectivity index (χ1n) is 4.51. The first kappa shape index (κ1) is 11.4. The third-order valence-corrected chi connectivity index (χ3v) is 2.18. The van der Waals surface area contributed by atoms with E-state index in [4.69, 9.17) is 5.73 Å². The molecule has 0 aromatic carbocycles. The molecule has 2 aromatic rings. The van der Waals surface area contributed by atoms with Gasteiger partial charge < -0.3 is 11.1 Å². The molecule has 0 saturated carbocycles. The summed E-state index contributed by atoms with van der Waals surface area (Å²) in [4.78, 5) is 27.1. The van der Waals surface area contributed by atoms with E-state index in [0.29, 0.717) is 10.4 Å². The second kappa shape index (κ2) is 4.83. The van der Waals surface area contributed by atoms with Gasteiger partial charge >= 0.3 is 0 Å². The molecule has 86 valence electrons. The van der Waals surface area contributed by atoms with Crippen LogP contribution in [0.15, 0.2) is 29.4 Å². The van der Waals surface area contributed by atoms with Gasteiger partial charge in [-0.25, -0.2) is 19.9 Å². The van der Waals surface area contributed by atoms with Crippen LogP contribution in [0.2, 0.25) is 0 Å². The van der Waals surface area contributed by atoms with Gasteiger partial charge in [-0.2, -0.15) is 0 Å². The fourth-order valence-corrected chi connectivity index (χ4v) is 1.22. The SMILES string of the molecule is Nc1cnc(C(=O)Nc2cnc(Br)cn2)cn1. The molecule has 2 heterocycles. The number of aromatic nitrogens is 4. The van der Waals surface area contributed by atoms with E-state index in [0.717, 1.165) is 0 Å². The average Bonchev–Trinajstić information content (AvgIpc) is 2.33. The minimum atomic E-state index is -0.422. The number of nitrogen functional groups attached to an aromatic ring is 1. The number of halogens is 1. The molecular weight excluding hydrogens is 288 g/mol. The molecule has 8 heteroatoms. The van der Waals surface area contributed by atoms with E-state index >= 15 is 0 Å². The monoisotopic (exact) mass is 294 g/mol. The molecule has 0 fully saturated rings. The molecule has 0 aliphatic heterocycles. The van der Waals surface area contributed by atoms with Crippen LogP contribution in [0.25, 0.3) is 0 Å². The second-order valence-corrected chi connectivity index (χ2v) is 3.82. The molecule has 0 atom stereocenters. The van der Waals surface area contributed by atoms with Gasteiger partial charge in [0, 0.05) is 0 Å². The number of hydrogen-bond acceptors (Lipinski definition) is 6. The largest absolute Gasteiger partial charge is 0.382 e. The Hall–Kier alpha value is -2.09. The van der Waals surface area contributed by atoms with E-state index in [1.807, 2.05) is 0 Å². The standard InChI is InChI=1S/C9H7BrN6O/c10-6-2-15-8(4-13-6)16-9(17)5-1-14-7(11)3-12-5/h1-4H,(H2,11,14)(H,15,16,17). The molecule has 2 rings (SSSR count). The fourth-order valence-electron chi connectivity index (χ4n) is 1.01. The van der Waals surface area contributed by atoms with Crippen molar-refractivity contribution in [2.45, 2.75) is 0 Å². The van der Waals surface area contributed by atoms with Gasteiger partial charge in [0.1, 0.15) is 16.1 Å². The number of anilines is 2. The maximum absolute atomic E-state index is 11.7. The van der Waals surface area contributed by atoms with Gasteiger partial charge in [0.15, 0.2) is 5.82 Å². The third kappa shape index (κ3) is 2.94. The van der Waals surface area contributed by atoms with E-state index < -0.39 is 5.91 Å². The summed E-state index contributed by atoms with van der Waals surface area (Å²) in [6.45, 7) is 0. The van der Waals surface area contributed by atoms with Crippen molar-refractivity contribution in [2.24, 2.45) is 0 Å². The highest BCUT2D eigenvalue weighted by molar-refractivity contribution is 9.10. The average molecular weight is 295 g/mol. The summed E-state index contributed by atoms with van der Waals surface area (Å²) in [5, 5.41) is 2.53. The Kier molecular flexibility index (Phi) is 3.24. The zero-order chi connectivity index (χ0) is 12.3. The molecule has 0 unspecified atom stereocenters. The van der Waals surface area contributed by atoms with Crippen LogP contribution < -0.4 is 11.1 Å². The zero-order valence-electron chi connectivity index (χ0n) is 8.46. The Morgan fingerprint density at radius 3 is 2.53 bits per heavy atom. The smallest absolute Gasteiger partial charge is 0.277 e. The molecule has 3 N–H and O–H groups in total. The van der Waals surface area contributed by atoms with Crippen LogP contribution in [0.1, 0.15) is 10.5 Å². The minimum absolute atomic E-state index is 0.156. The van der Waals surface area contributed by atoms with Gasteiger partial charge in [0.05, 0.1) is 24.8 Å². The molecular formula is C9H7BrN6O. The van der Waals surface area contributed by atoms with Crippen LogP contribution in [-0.2, 0) is 0 Å². The lowest BCUT2D eigenvalue weighted by Gasteiger charge is -2.02. The number of nitrogens with two attached hydrogens (primary N) is 1. The van der Waals surface area contributed by atoms with Gasteiger partial charge in [0.25, 0.3) is 5.91 Å². The highest BCUT2D eigenvalue weighted by Gasteiger charge is 2.08. The molecule has 0 radical (unpaired) electrons. The van der Waals surface area contributed by atoms with Crippen LogP contribution in [0, 0.1) is 0 Å². The van der Waals surface area contributed by atoms with E-state index in [9.17, 15) is 4.79 Å². The Morgan fingerprint density at radius 1 is 1.12 bits per heavy atom. The van der Waals surface area contributed by atoms with Gasteiger partial charge in [0.2, 0.25) is 0 Å². The van der Waals surface area contributed by atoms with Crippen molar-refractivity contribution in [1.29, 1.82) is 0 Å². The number of carbonyl (C=O) groups excluding carboxylic acids is 1. The quantitative estimate of drug-likeness (QED) is 0.851. The topological polar surface area (TPSA) is 107 Å². The van der Waals surface area contributed by atoms with Crippen LogP contribution in [0.3, 0.4) is 0 Å². The van der Waals surface area contributed by atoms with Crippen molar-refractivity contribution in [1.82, 2.24) is 19.9 Å². The number of amides is 1. The van der Waals surface area contributed by atoms with Crippen molar-refractivity contribution < 1.29 is 4.79 Å². The number of rotatable bonds is 2. The Labute approximate surface area is 105 Å². The summed E-state index contributed by atoms with van der Waals surface area (Å²) in [7, 11) is 0. The van der Waals surface area contributed by atoms with Gasteiger partial charge in [-0.1, -0.05) is 0 Å². The van der Waals surface area contributed by atoms with Crippen LogP contribution >= 0.6 is 15.9 Å². The summed E-state index contributed by atoms with van der Waals surface area (Å²) >= 11 is 3.14. The van der Waals surface area contributed by atoms with Crippen molar-refractivity contribution in [2.75, 3.05) is 11.1 Å². The number of hydrogen-bond donors (Lipinski definition) is 2. The minimum Gasteiger partial charge on any atom is -0.382 e. The van der Waals surface area contributed by atoms with Crippen molar-refractivity contribution >= 4 is 33.5 Å². The lowest BCUT2D eigenvalue weighted by molar-refractivity contribution is 0.102. The highest BCUT2D eigenvalue weighted by Crippen LogP contribution is 2.07. The van der Waals surface area contributed by atoms with Crippen molar-refractivity contribution in [3.63, 3.8) is 0 Å². The van der Waals surface area contributed by atoms with E-state index in [2.05, 4.69) is 41.2 Å². The van der Waals surface area contributed by atoms with E-state index in [-0.39, 0.29) is 11.5 Å². The summed E-state index contributed by atoms with van der Waals surface area (Å²) in [6.07, 6.45) is 5.50. The zero-order valence-corrected chi connectivity index (χ0v) is 10.0. The van der Waals surface area contributed by atoms with Crippen LogP contribution in [0.4, 0.5) is 11.6 Å². The lowest BCUT2D eigenvalue weighted by atomic mass is 10.4. The molecule has 1 amide bonds. The second-order valence-electron chi connectivity index (χ2n) is 3.00. The summed E-state index contributed by atoms with van der Waals surface area (Å²) in [5.41, 5.74) is 5.52. The normalized spacial score (nSPS) is 9.94. The molecule has 0 bridgehead atoms. The van der Waals surface area contributed by atoms with Crippen molar-refractivity contribution in [3.05, 3.63) is 35.1 Å². The fraction of sp³-hybridized carbons (Fsp3) is 0. The Balaban J connectivity index is 2.11. The molecule has 0 spiro atoms. The molecule has 0 saturated heterocycles. The van der Waals surface area contributed by atoms with Crippen LogP contribution in [0.5, 0.6) is 0 Å². The number of nitrogens with one attached hydrogen (secondary N) is 1. The summed E-state index contributed by atoms with van der Waals surface area (Å²) in [6, 6.07) is 0. The Bertz CT molecular complexity index is 526. The van der Waals surface area contributed by atoms with Gasteiger partial charge in [-0.3, -0.25) is 4.79 Å². The molecule has 0 aliphatic rings. The van der Waals surface area contributed by atoms with Crippen molar-refractivity contribution in [3.8, 4) is 0 Å². The molecule has 2 aromatic heterocycles. The predicted molar refractivity (Wildman–Crippen MR) is 64.1 cm³/mol. The predicted octanol–water partition coefficient (Wildman–Crippen LogP) is 0.864. The Morgan fingerprint density at radius 2 is 1.94 bits per heavy atom. The highest BCUT2D eigenvalue weighted by atomic mass is 79.9. The molecule has 0 aliphatic carbocycles. The number of carbonyl (C=O) groups is 1. The first-order chi connectivity index (χ1) is 8.15. The van der Waals surface area contributed by atoms with E-state index in [1.165, 1.54) is 24.8 Å². The molecule has 17 heavy (non-hydrogen) atoms. The third-order valence-electron chi connectivity index (χ3n) is 1.77.